The molecule has 20 heavy (non-hydrogen) atoms. The van der Waals surface area contributed by atoms with E-state index in [1.807, 2.05) is 0 Å². The molecular weight excluding hydrogens is 264 g/mol. The van der Waals surface area contributed by atoms with Gasteiger partial charge in [0, 0.05) is 37.6 Å². The first-order valence-electron chi connectivity index (χ1n) is 6.03. The second-order valence-corrected chi connectivity index (χ2v) is 3.98. The SMILES string of the molecule is NCCNc1cc(C(=O)O)c(NCCN)cc1C(=O)O. The second-order valence-electron chi connectivity index (χ2n) is 3.98. The molecule has 0 aromatic heterocycles. The number of anilines is 2. The van der Waals surface area contributed by atoms with Gasteiger partial charge in [-0.25, -0.2) is 9.59 Å². The Labute approximate surface area is 115 Å². The quantitative estimate of drug-likeness (QED) is 0.384. The summed E-state index contributed by atoms with van der Waals surface area (Å²) in [7, 11) is 0. The number of nitrogens with one attached hydrogen (secondary N) is 2. The fourth-order valence-corrected chi connectivity index (χ4v) is 1.66. The normalized spacial score (nSPS) is 10.1. The molecule has 8 heteroatoms. The van der Waals surface area contributed by atoms with Crippen LogP contribution in [0, 0.1) is 0 Å². The monoisotopic (exact) mass is 282 g/mol. The molecule has 1 aromatic rings. The van der Waals surface area contributed by atoms with E-state index in [-0.39, 0.29) is 22.5 Å². The molecule has 110 valence electrons. The second kappa shape index (κ2) is 7.31. The summed E-state index contributed by atoms with van der Waals surface area (Å²) in [6, 6.07) is 2.56. The lowest BCUT2D eigenvalue weighted by molar-refractivity contribution is 0.0682. The van der Waals surface area contributed by atoms with Gasteiger partial charge in [0.05, 0.1) is 11.1 Å². The maximum atomic E-state index is 11.2. The minimum absolute atomic E-state index is 0.0250. The maximum Gasteiger partial charge on any atom is 0.337 e. The van der Waals surface area contributed by atoms with Crippen LogP contribution in [-0.4, -0.2) is 48.3 Å². The highest BCUT2D eigenvalue weighted by atomic mass is 16.4. The standard InChI is InChI=1S/C12H18N4O4/c13-1-3-15-9-5-8(12(19)20)10(16-4-2-14)6-7(9)11(17)18/h5-6,15-16H,1-4,13-14H2,(H,17,18)(H,19,20). The number of carboxylic acids is 2. The zero-order valence-electron chi connectivity index (χ0n) is 10.8. The molecule has 1 aromatic carbocycles. The van der Waals surface area contributed by atoms with Crippen LogP contribution in [0.25, 0.3) is 0 Å². The summed E-state index contributed by atoms with van der Waals surface area (Å²) in [4.78, 5) is 22.4. The van der Waals surface area contributed by atoms with E-state index < -0.39 is 11.9 Å². The van der Waals surface area contributed by atoms with Crippen molar-refractivity contribution in [3.8, 4) is 0 Å². The summed E-state index contributed by atoms with van der Waals surface area (Å²) in [5.41, 5.74) is 11.1. The Morgan fingerprint density at radius 3 is 1.50 bits per heavy atom. The Balaban J connectivity index is 3.27. The summed E-state index contributed by atoms with van der Waals surface area (Å²) in [5.74, 6) is -2.31. The highest BCUT2D eigenvalue weighted by Crippen LogP contribution is 2.25. The highest BCUT2D eigenvalue weighted by molar-refractivity contribution is 6.02. The number of nitrogens with two attached hydrogens (primary N) is 2. The Morgan fingerprint density at radius 1 is 0.900 bits per heavy atom. The number of hydrogen-bond acceptors (Lipinski definition) is 6. The lowest BCUT2D eigenvalue weighted by Gasteiger charge is -2.14. The van der Waals surface area contributed by atoms with Gasteiger partial charge in [0.2, 0.25) is 0 Å². The third-order valence-corrected chi connectivity index (χ3v) is 2.54. The van der Waals surface area contributed by atoms with E-state index >= 15 is 0 Å². The van der Waals surface area contributed by atoms with E-state index in [0.717, 1.165) is 0 Å². The molecule has 0 unspecified atom stereocenters. The van der Waals surface area contributed by atoms with Crippen molar-refractivity contribution in [2.24, 2.45) is 11.5 Å². The van der Waals surface area contributed by atoms with Gasteiger partial charge in [-0.2, -0.15) is 0 Å². The highest BCUT2D eigenvalue weighted by Gasteiger charge is 2.18. The van der Waals surface area contributed by atoms with Gasteiger partial charge in [0.1, 0.15) is 0 Å². The summed E-state index contributed by atoms with van der Waals surface area (Å²) >= 11 is 0. The maximum absolute atomic E-state index is 11.2. The van der Waals surface area contributed by atoms with E-state index in [9.17, 15) is 19.8 Å². The van der Waals surface area contributed by atoms with Crippen molar-refractivity contribution >= 4 is 23.3 Å². The first-order chi connectivity index (χ1) is 9.51. The van der Waals surface area contributed by atoms with Gasteiger partial charge in [-0.15, -0.1) is 0 Å². The number of benzene rings is 1. The Kier molecular flexibility index (Phi) is 5.75. The molecule has 0 atom stereocenters. The summed E-state index contributed by atoms with van der Waals surface area (Å²) < 4.78 is 0. The molecule has 8 nitrogen and oxygen atoms in total. The summed E-state index contributed by atoms with van der Waals surface area (Å²) in [6.07, 6.45) is 0. The van der Waals surface area contributed by atoms with Crippen LogP contribution in [0.5, 0.6) is 0 Å². The average molecular weight is 282 g/mol. The lowest BCUT2D eigenvalue weighted by Crippen LogP contribution is -2.18. The van der Waals surface area contributed by atoms with Gasteiger partial charge in [-0.05, 0) is 12.1 Å². The van der Waals surface area contributed by atoms with E-state index in [2.05, 4.69) is 10.6 Å². The van der Waals surface area contributed by atoms with E-state index in [1.165, 1.54) is 12.1 Å². The van der Waals surface area contributed by atoms with Crippen LogP contribution < -0.4 is 22.1 Å². The predicted octanol–water partition coefficient (Wildman–Crippen LogP) is -0.176. The molecule has 8 N–H and O–H groups in total. The molecule has 0 aliphatic carbocycles. The fraction of sp³-hybridized carbons (Fsp3) is 0.333. The van der Waals surface area contributed by atoms with Crippen LogP contribution in [0.4, 0.5) is 11.4 Å². The van der Waals surface area contributed by atoms with Crippen molar-refractivity contribution in [2.45, 2.75) is 0 Å². The van der Waals surface area contributed by atoms with E-state index in [4.69, 9.17) is 11.5 Å². The van der Waals surface area contributed by atoms with Crippen molar-refractivity contribution in [2.75, 3.05) is 36.8 Å². The molecule has 0 bridgehead atoms. The third kappa shape index (κ3) is 3.84. The average Bonchev–Trinajstić information content (AvgIpc) is 2.42. The number of aromatic carboxylic acids is 2. The molecule has 0 saturated carbocycles. The molecule has 0 spiro atoms. The summed E-state index contributed by atoms with van der Waals surface area (Å²) in [5, 5.41) is 23.9. The number of rotatable bonds is 8. The molecule has 1 rings (SSSR count). The first kappa shape index (κ1) is 15.7. The molecular formula is C12H18N4O4. The summed E-state index contributed by atoms with van der Waals surface area (Å²) in [6.45, 7) is 1.28. The van der Waals surface area contributed by atoms with Crippen LogP contribution >= 0.6 is 0 Å². The van der Waals surface area contributed by atoms with E-state index in [0.29, 0.717) is 26.2 Å². The molecule has 0 radical (unpaired) electrons. The van der Waals surface area contributed by atoms with Gasteiger partial charge in [-0.3, -0.25) is 0 Å². The zero-order chi connectivity index (χ0) is 15.1. The lowest BCUT2D eigenvalue weighted by atomic mass is 10.1. The molecule has 0 aliphatic rings. The molecule has 0 heterocycles. The van der Waals surface area contributed by atoms with Crippen LogP contribution in [0.3, 0.4) is 0 Å². The van der Waals surface area contributed by atoms with Gasteiger partial charge in [0.15, 0.2) is 0 Å². The predicted molar refractivity (Wildman–Crippen MR) is 75.4 cm³/mol. The number of carboxylic acid groups (broad SMARTS) is 2. The van der Waals surface area contributed by atoms with Crippen LogP contribution in [0.15, 0.2) is 12.1 Å². The molecule has 0 saturated heterocycles. The van der Waals surface area contributed by atoms with Crippen molar-refractivity contribution in [1.82, 2.24) is 0 Å². The largest absolute Gasteiger partial charge is 0.478 e. The molecule has 0 fully saturated rings. The van der Waals surface area contributed by atoms with Crippen molar-refractivity contribution in [3.63, 3.8) is 0 Å². The minimum atomic E-state index is -1.16. The van der Waals surface area contributed by atoms with Gasteiger partial charge in [-0.1, -0.05) is 0 Å². The number of hydrogen-bond donors (Lipinski definition) is 6. The topological polar surface area (TPSA) is 151 Å². The van der Waals surface area contributed by atoms with Crippen LogP contribution in [0.2, 0.25) is 0 Å². The third-order valence-electron chi connectivity index (χ3n) is 2.54. The smallest absolute Gasteiger partial charge is 0.337 e. The van der Waals surface area contributed by atoms with Crippen LogP contribution in [-0.2, 0) is 0 Å². The number of carbonyl (C=O) groups is 2. The van der Waals surface area contributed by atoms with Crippen LogP contribution in [0.1, 0.15) is 20.7 Å². The van der Waals surface area contributed by atoms with Crippen molar-refractivity contribution in [3.05, 3.63) is 23.3 Å². The van der Waals surface area contributed by atoms with Gasteiger partial charge >= 0.3 is 11.9 Å². The zero-order valence-corrected chi connectivity index (χ0v) is 10.8. The molecule has 0 aliphatic heterocycles. The minimum Gasteiger partial charge on any atom is -0.478 e. The first-order valence-corrected chi connectivity index (χ1v) is 6.03. The van der Waals surface area contributed by atoms with Gasteiger partial charge < -0.3 is 32.3 Å². The van der Waals surface area contributed by atoms with E-state index in [1.54, 1.807) is 0 Å². The van der Waals surface area contributed by atoms with Crippen molar-refractivity contribution in [1.29, 1.82) is 0 Å². The fourth-order valence-electron chi connectivity index (χ4n) is 1.66. The Bertz CT molecular complexity index is 459. The van der Waals surface area contributed by atoms with Crippen molar-refractivity contribution < 1.29 is 19.8 Å². The Hall–Kier alpha value is -2.32. The van der Waals surface area contributed by atoms with Gasteiger partial charge in [0.25, 0.3) is 0 Å². The molecule has 0 amide bonds. The Morgan fingerprint density at radius 2 is 1.25 bits per heavy atom.